The Morgan fingerprint density at radius 3 is 2.95 bits per heavy atom. The van der Waals surface area contributed by atoms with Crippen LogP contribution in [0.25, 0.3) is 0 Å². The maximum Gasteiger partial charge on any atom is 0.339 e. The van der Waals surface area contributed by atoms with E-state index in [1.54, 1.807) is 11.7 Å². The van der Waals surface area contributed by atoms with Crippen molar-refractivity contribution in [1.82, 2.24) is 14.7 Å². The molecular weight excluding hydrogens is 262 g/mol. The third kappa shape index (κ3) is 2.44. The lowest BCUT2D eigenvalue weighted by atomic mass is 10.0. The fourth-order valence-electron chi connectivity index (χ4n) is 2.98. The zero-order valence-corrected chi connectivity index (χ0v) is 11.5. The number of aryl methyl sites for hydroxylation is 1. The van der Waals surface area contributed by atoms with Gasteiger partial charge in [-0.2, -0.15) is 5.10 Å². The number of hydrogen-bond acceptors (Lipinski definition) is 5. The summed E-state index contributed by atoms with van der Waals surface area (Å²) in [4.78, 5) is 13.4. The average molecular weight is 281 g/mol. The molecule has 0 radical (unpaired) electrons. The monoisotopic (exact) mass is 281 g/mol. The summed E-state index contributed by atoms with van der Waals surface area (Å²) < 4.78 is 13.1. The van der Waals surface area contributed by atoms with E-state index in [1.807, 2.05) is 0 Å². The molecule has 2 fully saturated rings. The molecule has 0 amide bonds. The van der Waals surface area contributed by atoms with Crippen LogP contribution in [0.4, 0.5) is 0 Å². The molecule has 1 N–H and O–H groups in total. The third-order valence-corrected chi connectivity index (χ3v) is 3.98. The molecule has 1 aromatic rings. The molecule has 110 valence electrons. The molecule has 0 atom stereocenters. The van der Waals surface area contributed by atoms with Crippen LogP contribution in [0.1, 0.15) is 28.9 Å². The molecular formula is C13H19N3O4. The molecule has 0 saturated carbocycles. The lowest BCUT2D eigenvalue weighted by Crippen LogP contribution is -2.48. The highest BCUT2D eigenvalue weighted by Gasteiger charge is 2.40. The van der Waals surface area contributed by atoms with E-state index in [2.05, 4.69) is 10.00 Å². The summed E-state index contributed by atoms with van der Waals surface area (Å²) in [6.45, 7) is 3.42. The minimum atomic E-state index is -0.937. The fourth-order valence-corrected chi connectivity index (χ4v) is 2.98. The predicted octanol–water partition coefficient (Wildman–Crippen LogP) is 0.457. The van der Waals surface area contributed by atoms with Gasteiger partial charge in [0, 0.05) is 20.0 Å². The fraction of sp³-hybridized carbons (Fsp3) is 0.692. The lowest BCUT2D eigenvalue weighted by Gasteiger charge is -2.38. The zero-order valence-electron chi connectivity index (χ0n) is 11.5. The number of carboxylic acid groups (broad SMARTS) is 1. The van der Waals surface area contributed by atoms with Crippen molar-refractivity contribution < 1.29 is 19.4 Å². The van der Waals surface area contributed by atoms with Gasteiger partial charge in [-0.25, -0.2) is 4.79 Å². The molecule has 0 aromatic carbocycles. The second-order valence-corrected chi connectivity index (χ2v) is 5.36. The van der Waals surface area contributed by atoms with Gasteiger partial charge in [-0.3, -0.25) is 9.58 Å². The van der Waals surface area contributed by atoms with E-state index in [0.29, 0.717) is 32.0 Å². The highest BCUT2D eigenvalue weighted by Crippen LogP contribution is 2.30. The normalized spacial score (nSPS) is 22.4. The Labute approximate surface area is 117 Å². The van der Waals surface area contributed by atoms with Crippen LogP contribution in [0.15, 0.2) is 6.20 Å². The average Bonchev–Trinajstić information content (AvgIpc) is 2.99. The van der Waals surface area contributed by atoms with Crippen molar-refractivity contribution in [3.63, 3.8) is 0 Å². The van der Waals surface area contributed by atoms with Crippen LogP contribution in [0.5, 0.6) is 0 Å². The molecule has 7 nitrogen and oxygen atoms in total. The first-order valence-electron chi connectivity index (χ1n) is 6.84. The molecule has 20 heavy (non-hydrogen) atoms. The van der Waals surface area contributed by atoms with Gasteiger partial charge >= 0.3 is 5.97 Å². The summed E-state index contributed by atoms with van der Waals surface area (Å²) in [7, 11) is 1.77. The number of carboxylic acids is 1. The summed E-state index contributed by atoms with van der Waals surface area (Å²) in [5.41, 5.74) is 0.980. The standard InChI is InChI=1S/C13H19N3O4/c1-15-11(10(7-14-15)12(17)18)8-16-4-2-3-13(9-16)19-5-6-20-13/h7H,2-6,8-9H2,1H3,(H,17,18). The minimum absolute atomic E-state index is 0.264. The number of carbonyl (C=O) groups is 1. The van der Waals surface area contributed by atoms with Gasteiger partial charge in [0.15, 0.2) is 5.79 Å². The van der Waals surface area contributed by atoms with Crippen molar-refractivity contribution in [1.29, 1.82) is 0 Å². The zero-order chi connectivity index (χ0) is 14.2. The highest BCUT2D eigenvalue weighted by atomic mass is 16.7. The van der Waals surface area contributed by atoms with Crippen LogP contribution in [0.3, 0.4) is 0 Å². The second-order valence-electron chi connectivity index (χ2n) is 5.36. The molecule has 1 aromatic heterocycles. The smallest absolute Gasteiger partial charge is 0.339 e. The first kappa shape index (κ1) is 13.5. The molecule has 2 saturated heterocycles. The highest BCUT2D eigenvalue weighted by molar-refractivity contribution is 5.88. The van der Waals surface area contributed by atoms with E-state index in [9.17, 15) is 9.90 Å². The minimum Gasteiger partial charge on any atom is -0.478 e. The third-order valence-electron chi connectivity index (χ3n) is 3.98. The molecule has 7 heteroatoms. The summed E-state index contributed by atoms with van der Waals surface area (Å²) in [5.74, 6) is -1.42. The molecule has 2 aliphatic heterocycles. The molecule has 3 heterocycles. The summed E-state index contributed by atoms with van der Waals surface area (Å²) in [6, 6.07) is 0. The second kappa shape index (κ2) is 5.16. The van der Waals surface area contributed by atoms with E-state index >= 15 is 0 Å². The maximum atomic E-state index is 11.2. The first-order valence-corrected chi connectivity index (χ1v) is 6.84. The van der Waals surface area contributed by atoms with Gasteiger partial charge in [0.2, 0.25) is 0 Å². The number of rotatable bonds is 3. The molecule has 0 bridgehead atoms. The van der Waals surface area contributed by atoms with Gasteiger partial charge in [0.25, 0.3) is 0 Å². The van der Waals surface area contributed by atoms with Gasteiger partial charge in [-0.1, -0.05) is 0 Å². The number of hydrogen-bond donors (Lipinski definition) is 1. The van der Waals surface area contributed by atoms with E-state index in [1.165, 1.54) is 6.20 Å². The molecule has 1 spiro atoms. The maximum absolute atomic E-state index is 11.2. The van der Waals surface area contributed by atoms with Crippen LogP contribution >= 0.6 is 0 Å². The molecule has 2 aliphatic rings. The summed E-state index contributed by atoms with van der Waals surface area (Å²) in [5, 5.41) is 13.2. The van der Waals surface area contributed by atoms with Gasteiger partial charge in [-0.15, -0.1) is 0 Å². The number of aromatic carboxylic acids is 1. The van der Waals surface area contributed by atoms with Crippen LogP contribution in [0, 0.1) is 0 Å². The van der Waals surface area contributed by atoms with Crippen molar-refractivity contribution in [2.75, 3.05) is 26.3 Å². The van der Waals surface area contributed by atoms with E-state index in [-0.39, 0.29) is 5.56 Å². The number of aromatic nitrogens is 2. The van der Waals surface area contributed by atoms with Crippen molar-refractivity contribution in [3.05, 3.63) is 17.5 Å². The van der Waals surface area contributed by atoms with Crippen molar-refractivity contribution in [2.24, 2.45) is 7.05 Å². The lowest BCUT2D eigenvalue weighted by molar-refractivity contribution is -0.190. The molecule has 0 unspecified atom stereocenters. The Balaban J connectivity index is 1.74. The Kier molecular flexibility index (Phi) is 3.49. The largest absolute Gasteiger partial charge is 0.478 e. The van der Waals surface area contributed by atoms with Crippen LogP contribution in [-0.4, -0.2) is 57.8 Å². The Bertz CT molecular complexity index is 508. The van der Waals surface area contributed by atoms with Gasteiger partial charge in [-0.05, 0) is 13.0 Å². The number of likely N-dealkylation sites (tertiary alicyclic amines) is 1. The van der Waals surface area contributed by atoms with Gasteiger partial charge in [0.05, 0.1) is 31.6 Å². The van der Waals surface area contributed by atoms with Crippen LogP contribution < -0.4 is 0 Å². The van der Waals surface area contributed by atoms with E-state index < -0.39 is 11.8 Å². The van der Waals surface area contributed by atoms with Crippen molar-refractivity contribution >= 4 is 5.97 Å². The van der Waals surface area contributed by atoms with Crippen LogP contribution in [0.2, 0.25) is 0 Å². The number of nitrogens with zero attached hydrogens (tertiary/aromatic N) is 3. The number of piperidine rings is 1. The van der Waals surface area contributed by atoms with E-state index in [0.717, 1.165) is 19.4 Å². The Hall–Kier alpha value is -1.44. The van der Waals surface area contributed by atoms with Crippen molar-refractivity contribution in [3.8, 4) is 0 Å². The van der Waals surface area contributed by atoms with Gasteiger partial charge in [0.1, 0.15) is 5.56 Å². The summed E-state index contributed by atoms with van der Waals surface area (Å²) in [6.07, 6.45) is 3.29. The number of ether oxygens (including phenoxy) is 2. The first-order chi connectivity index (χ1) is 9.60. The molecule has 3 rings (SSSR count). The predicted molar refractivity (Wildman–Crippen MR) is 69.3 cm³/mol. The van der Waals surface area contributed by atoms with Crippen molar-refractivity contribution in [2.45, 2.75) is 25.2 Å². The quantitative estimate of drug-likeness (QED) is 0.867. The SMILES string of the molecule is Cn1ncc(C(=O)O)c1CN1CCCC2(C1)OCCO2. The topological polar surface area (TPSA) is 76.8 Å². The Morgan fingerprint density at radius 2 is 2.25 bits per heavy atom. The Morgan fingerprint density at radius 1 is 1.50 bits per heavy atom. The van der Waals surface area contributed by atoms with E-state index in [4.69, 9.17) is 9.47 Å². The molecule has 0 aliphatic carbocycles. The van der Waals surface area contributed by atoms with Crippen LogP contribution in [-0.2, 0) is 23.1 Å². The summed E-state index contributed by atoms with van der Waals surface area (Å²) >= 11 is 0. The van der Waals surface area contributed by atoms with Gasteiger partial charge < -0.3 is 14.6 Å².